The second-order valence-electron chi connectivity index (χ2n) is 12.4. The van der Waals surface area contributed by atoms with Crippen LogP contribution < -0.4 is 9.64 Å². The Morgan fingerprint density at radius 2 is 2.02 bits per heavy atom. The number of rotatable bonds is 13. The number of amides is 1. The van der Waals surface area contributed by atoms with E-state index in [1.165, 1.54) is 4.90 Å². The fourth-order valence-corrected chi connectivity index (χ4v) is 6.99. The molecule has 3 fully saturated rings. The van der Waals surface area contributed by atoms with Crippen LogP contribution in [-0.4, -0.2) is 89.8 Å². The predicted molar refractivity (Wildman–Crippen MR) is 172 cm³/mol. The molecule has 3 aliphatic rings. The topological polar surface area (TPSA) is 94.8 Å². The molecule has 3 saturated heterocycles. The van der Waals surface area contributed by atoms with Crippen molar-refractivity contribution in [1.29, 1.82) is 5.26 Å². The Kier molecular flexibility index (Phi) is 11.3. The normalized spacial score (nSPS) is 21.3. The summed E-state index contributed by atoms with van der Waals surface area (Å²) in [7, 11) is 0. The number of hydrogen-bond acceptors (Lipinski definition) is 8. The van der Waals surface area contributed by atoms with Crippen LogP contribution in [-0.2, 0) is 22.4 Å². The molecule has 45 heavy (non-hydrogen) atoms. The minimum Gasteiger partial charge on any atom is -0.462 e. The second-order valence-corrected chi connectivity index (χ2v) is 12.8. The van der Waals surface area contributed by atoms with Crippen LogP contribution in [0.2, 0.25) is 5.02 Å². The molecule has 9 nitrogen and oxygen atoms in total. The molecule has 3 aliphatic heterocycles. The number of aryl methyl sites for hydroxylation is 1. The van der Waals surface area contributed by atoms with Gasteiger partial charge in [0.05, 0.1) is 43.5 Å². The van der Waals surface area contributed by atoms with Crippen LogP contribution in [0.4, 0.5) is 10.2 Å². The van der Waals surface area contributed by atoms with Crippen molar-refractivity contribution in [2.24, 2.45) is 0 Å². The van der Waals surface area contributed by atoms with E-state index < -0.39 is 17.8 Å². The van der Waals surface area contributed by atoms with Crippen LogP contribution in [0, 0.1) is 11.3 Å². The zero-order valence-electron chi connectivity index (χ0n) is 26.4. The van der Waals surface area contributed by atoms with Gasteiger partial charge in [0.2, 0.25) is 0 Å². The lowest BCUT2D eigenvalue weighted by Gasteiger charge is -2.41. The third-order valence-electron chi connectivity index (χ3n) is 9.29. The van der Waals surface area contributed by atoms with Gasteiger partial charge in [0.25, 0.3) is 5.91 Å². The molecule has 0 bridgehead atoms. The first-order chi connectivity index (χ1) is 21.8. The molecule has 0 aliphatic carbocycles. The van der Waals surface area contributed by atoms with Crippen LogP contribution in [0.5, 0.6) is 6.01 Å². The van der Waals surface area contributed by atoms with Crippen molar-refractivity contribution in [2.45, 2.75) is 82.8 Å². The number of likely N-dealkylation sites (tertiary alicyclic amines) is 1. The highest BCUT2D eigenvalue weighted by atomic mass is 35.5. The predicted octanol–water partition coefficient (Wildman–Crippen LogP) is 5.47. The number of carbonyl (C=O) groups is 1. The Morgan fingerprint density at radius 3 is 2.71 bits per heavy atom. The first kappa shape index (κ1) is 33.1. The Bertz CT molecular complexity index is 1400. The number of benzene rings is 1. The number of carbonyl (C=O) groups excluding carboxylic acids is 1. The Morgan fingerprint density at radius 1 is 1.22 bits per heavy atom. The van der Waals surface area contributed by atoms with Gasteiger partial charge in [0, 0.05) is 36.3 Å². The average Bonchev–Trinajstić information content (AvgIpc) is 3.46. The molecule has 11 heteroatoms. The van der Waals surface area contributed by atoms with E-state index in [1.54, 1.807) is 0 Å². The van der Waals surface area contributed by atoms with Crippen LogP contribution >= 0.6 is 11.6 Å². The molecule has 4 heterocycles. The van der Waals surface area contributed by atoms with Crippen molar-refractivity contribution in [3.05, 3.63) is 58.5 Å². The van der Waals surface area contributed by atoms with Gasteiger partial charge in [0.15, 0.2) is 5.83 Å². The van der Waals surface area contributed by atoms with E-state index in [4.69, 9.17) is 31.0 Å². The van der Waals surface area contributed by atoms with Crippen molar-refractivity contribution in [1.82, 2.24) is 19.8 Å². The lowest BCUT2D eigenvalue weighted by Crippen LogP contribution is -2.55. The number of halogens is 2. The number of ether oxygens (including phenoxy) is 2. The van der Waals surface area contributed by atoms with Gasteiger partial charge < -0.3 is 19.3 Å². The van der Waals surface area contributed by atoms with E-state index in [0.29, 0.717) is 31.7 Å². The highest BCUT2D eigenvalue weighted by Gasteiger charge is 2.36. The summed E-state index contributed by atoms with van der Waals surface area (Å²) < 4.78 is 25.7. The zero-order chi connectivity index (χ0) is 31.9. The average molecular weight is 639 g/mol. The molecule has 1 aromatic heterocycles. The molecule has 1 aromatic carbocycles. The maximum Gasteiger partial charge on any atom is 0.318 e. The number of nitriles is 1. The monoisotopic (exact) mass is 638 g/mol. The van der Waals surface area contributed by atoms with Gasteiger partial charge >= 0.3 is 6.01 Å². The van der Waals surface area contributed by atoms with Crippen molar-refractivity contribution in [2.75, 3.05) is 50.9 Å². The lowest BCUT2D eigenvalue weighted by atomic mass is 9.93. The van der Waals surface area contributed by atoms with E-state index in [9.17, 15) is 14.4 Å². The van der Waals surface area contributed by atoms with Gasteiger partial charge in [-0.1, -0.05) is 56.6 Å². The molecule has 2 aromatic rings. The maximum absolute atomic E-state index is 13.9. The maximum atomic E-state index is 13.9. The third kappa shape index (κ3) is 7.76. The summed E-state index contributed by atoms with van der Waals surface area (Å²) in [5.41, 5.74) is 3.10. The quantitative estimate of drug-likeness (QED) is 0.267. The minimum absolute atomic E-state index is 0.0799. The van der Waals surface area contributed by atoms with E-state index in [0.717, 1.165) is 85.9 Å². The molecule has 1 amide bonds. The van der Waals surface area contributed by atoms with Crippen LogP contribution in [0.15, 0.2) is 36.7 Å². The van der Waals surface area contributed by atoms with E-state index in [-0.39, 0.29) is 24.9 Å². The minimum atomic E-state index is -1.01. The summed E-state index contributed by atoms with van der Waals surface area (Å²) in [5.74, 6) is -0.914. The molecule has 0 radical (unpaired) electrons. The molecule has 3 atom stereocenters. The molecule has 242 valence electrons. The Hall–Kier alpha value is -3.26. The van der Waals surface area contributed by atoms with Gasteiger partial charge in [-0.2, -0.15) is 15.2 Å². The van der Waals surface area contributed by atoms with Gasteiger partial charge in [0.1, 0.15) is 12.4 Å². The van der Waals surface area contributed by atoms with Crippen LogP contribution in [0.25, 0.3) is 0 Å². The molecule has 0 saturated carbocycles. The van der Waals surface area contributed by atoms with Crippen molar-refractivity contribution >= 4 is 23.3 Å². The van der Waals surface area contributed by atoms with Crippen molar-refractivity contribution in [3.8, 4) is 12.1 Å². The molecular weight excluding hydrogens is 595 g/mol. The smallest absolute Gasteiger partial charge is 0.318 e. The number of nitrogens with zero attached hydrogens (tertiary/aromatic N) is 6. The van der Waals surface area contributed by atoms with E-state index in [2.05, 4.69) is 42.4 Å². The van der Waals surface area contributed by atoms with Gasteiger partial charge in [-0.25, -0.2) is 4.39 Å². The fourth-order valence-electron chi connectivity index (χ4n) is 6.76. The van der Waals surface area contributed by atoms with Gasteiger partial charge in [-0.05, 0) is 56.2 Å². The molecule has 0 spiro atoms. The summed E-state index contributed by atoms with van der Waals surface area (Å²) in [5, 5.41) is 10.3. The summed E-state index contributed by atoms with van der Waals surface area (Å²) in [6, 6.07) is 10.7. The molecule has 0 N–H and O–H groups in total. The lowest BCUT2D eigenvalue weighted by molar-refractivity contribution is -0.131. The zero-order valence-corrected chi connectivity index (χ0v) is 27.1. The van der Waals surface area contributed by atoms with Crippen molar-refractivity contribution in [3.63, 3.8) is 0 Å². The molecular formula is C34H44ClFN6O3. The first-order valence-corrected chi connectivity index (χ1v) is 16.6. The number of anilines is 1. The summed E-state index contributed by atoms with van der Waals surface area (Å²) in [6.07, 6.45) is 5.57. The van der Waals surface area contributed by atoms with E-state index in [1.807, 2.05) is 18.2 Å². The largest absolute Gasteiger partial charge is 0.462 e. The summed E-state index contributed by atoms with van der Waals surface area (Å²) in [4.78, 5) is 28.7. The highest BCUT2D eigenvalue weighted by Crippen LogP contribution is 2.34. The second kappa shape index (κ2) is 15.4. The summed E-state index contributed by atoms with van der Waals surface area (Å²) in [6.45, 7) is 11.6. The fraction of sp³-hybridized carbons (Fsp3) is 0.588. The first-order valence-electron chi connectivity index (χ1n) is 16.2. The van der Waals surface area contributed by atoms with Crippen molar-refractivity contribution < 1.29 is 18.7 Å². The Balaban J connectivity index is 1.45. The molecule has 3 unspecified atom stereocenters. The van der Waals surface area contributed by atoms with E-state index >= 15 is 0 Å². The number of aromatic nitrogens is 2. The van der Waals surface area contributed by atoms with Gasteiger partial charge in [-0.15, -0.1) is 0 Å². The SMILES string of the molecule is C=C(F)C(=O)N1CCN(c2nc(OCC3CCCN3C3COC3)nc(C(C)CCc3ccccc3Cl)c2CCC)CC1CC#N. The van der Waals surface area contributed by atoms with Crippen LogP contribution in [0.1, 0.15) is 68.7 Å². The number of hydrogen-bond donors (Lipinski definition) is 0. The standard InChI is InChI=1S/C34H44ClFN6O3/c1-4-8-29-31(23(2)12-13-25-9-5-6-11-30(25)35)38-34(45-22-27-10-7-16-41(27)28-20-44-21-28)39-32(29)40-17-18-42(33(43)24(3)36)26(19-40)14-15-37/h5-6,9,11,23,26-28H,3-4,7-8,10,12-14,16-22H2,1-2H3. The third-order valence-corrected chi connectivity index (χ3v) is 9.66. The summed E-state index contributed by atoms with van der Waals surface area (Å²) >= 11 is 6.49. The van der Waals surface area contributed by atoms with Gasteiger partial charge in [-0.3, -0.25) is 9.69 Å². The molecule has 5 rings (SSSR count). The van der Waals surface area contributed by atoms with Crippen LogP contribution in [0.3, 0.4) is 0 Å². The highest BCUT2D eigenvalue weighted by molar-refractivity contribution is 6.31. The Labute approximate surface area is 271 Å². The number of piperazine rings is 1.